The Hall–Kier alpha value is -8.94. The molecule has 2 aliphatic rings. The zero-order valence-corrected chi connectivity index (χ0v) is 49.5. The standard InChI is InChI=1S/C76H66BN3O3/c1-73(2,3)43-21-28-47(29-22-43)78(48-30-23-44(24-31-48)74(4,5)6)50-34-36-64-53(38-50)55-39-60-57(41-65(55)82-64)67-68-52-18-14-16-20-63(52)83-72(68)69-56-37-46(76(10,11)12)27-35-59(56)79-61-40-54-51-17-13-15-19-62(51)81-66(54)42-58(61)77(70(67)71(69)79)80(60)49-32-25-45(26-33-49)75(7,8)9/h13-42H,1-12H3. The summed E-state index contributed by atoms with van der Waals surface area (Å²) in [5.74, 6) is 0. The summed E-state index contributed by atoms with van der Waals surface area (Å²) in [6.07, 6.45) is 0. The van der Waals surface area contributed by atoms with E-state index in [1.54, 1.807) is 0 Å². The monoisotopic (exact) mass is 1080 g/mol. The van der Waals surface area contributed by atoms with Gasteiger partial charge in [-0.1, -0.05) is 162 Å². The lowest BCUT2D eigenvalue weighted by Crippen LogP contribution is -2.60. The minimum atomic E-state index is -0.293. The average Bonchev–Trinajstić information content (AvgIpc) is 1.66. The van der Waals surface area contributed by atoms with Crippen LogP contribution < -0.4 is 20.6 Å². The Morgan fingerprint density at radius 2 is 0.892 bits per heavy atom. The molecule has 0 saturated carbocycles. The Kier molecular flexibility index (Phi) is 10.1. The highest BCUT2D eigenvalue weighted by Gasteiger charge is 2.47. The van der Waals surface area contributed by atoms with Crippen LogP contribution in [0.5, 0.6) is 0 Å². The smallest absolute Gasteiger partial charge is 0.333 e. The second-order valence-corrected chi connectivity index (χ2v) is 27.8. The molecule has 0 radical (unpaired) electrons. The van der Waals surface area contributed by atoms with Crippen molar-refractivity contribution in [1.29, 1.82) is 0 Å². The first kappa shape index (κ1) is 49.8. The van der Waals surface area contributed by atoms with E-state index in [-0.39, 0.29) is 28.5 Å². The minimum absolute atomic E-state index is 0.0188. The van der Waals surface area contributed by atoms with Crippen molar-refractivity contribution in [2.45, 2.75) is 105 Å². The highest BCUT2D eigenvalue weighted by Crippen LogP contribution is 2.54. The van der Waals surface area contributed by atoms with Crippen molar-refractivity contribution in [2.24, 2.45) is 0 Å². The van der Waals surface area contributed by atoms with Crippen LogP contribution in [0.3, 0.4) is 0 Å². The second-order valence-electron chi connectivity index (χ2n) is 27.8. The largest absolute Gasteiger partial charge is 0.456 e. The van der Waals surface area contributed by atoms with Crippen LogP contribution in [0.1, 0.15) is 105 Å². The summed E-state index contributed by atoms with van der Waals surface area (Å²) < 4.78 is 23.9. The zero-order valence-electron chi connectivity index (χ0n) is 49.5. The Morgan fingerprint density at radius 3 is 1.52 bits per heavy atom. The first-order valence-electron chi connectivity index (χ1n) is 29.5. The van der Waals surface area contributed by atoms with Crippen molar-refractivity contribution in [3.63, 3.8) is 0 Å². The van der Waals surface area contributed by atoms with Gasteiger partial charge in [-0.15, -0.1) is 0 Å². The summed E-state index contributed by atoms with van der Waals surface area (Å²) in [5.41, 5.74) is 23.8. The number of anilines is 5. The van der Waals surface area contributed by atoms with E-state index in [4.69, 9.17) is 13.3 Å². The van der Waals surface area contributed by atoms with E-state index in [0.717, 1.165) is 116 Å². The van der Waals surface area contributed by atoms with Gasteiger partial charge in [0.15, 0.2) is 0 Å². The molecule has 0 unspecified atom stereocenters. The summed E-state index contributed by atoms with van der Waals surface area (Å²) in [5, 5.41) is 8.83. The highest BCUT2D eigenvalue weighted by molar-refractivity contribution is 6.94. The van der Waals surface area contributed by atoms with Gasteiger partial charge in [-0.3, -0.25) is 0 Å². The average molecular weight is 1080 g/mol. The molecule has 0 bridgehead atoms. The van der Waals surface area contributed by atoms with Crippen LogP contribution in [0.4, 0.5) is 28.4 Å². The zero-order chi connectivity index (χ0) is 57.0. The maximum Gasteiger partial charge on any atom is 0.333 e. The number of hydrogen-bond donors (Lipinski definition) is 0. The van der Waals surface area contributed by atoms with Crippen molar-refractivity contribution >= 4 is 134 Å². The lowest BCUT2D eigenvalue weighted by Gasteiger charge is -2.42. The molecule has 0 fully saturated rings. The summed E-state index contributed by atoms with van der Waals surface area (Å²) >= 11 is 0. The molecular weight excluding hydrogens is 1010 g/mol. The van der Waals surface area contributed by atoms with Crippen LogP contribution in [0.2, 0.25) is 0 Å². The molecule has 0 saturated heterocycles. The van der Waals surface area contributed by atoms with Gasteiger partial charge in [-0.05, 0) is 164 Å². The van der Waals surface area contributed by atoms with Gasteiger partial charge in [0.05, 0.1) is 16.4 Å². The van der Waals surface area contributed by atoms with E-state index in [9.17, 15) is 0 Å². The molecule has 0 N–H and O–H groups in total. The molecule has 2 aliphatic heterocycles. The molecule has 14 aromatic rings. The SMILES string of the molecule is CC(C)(C)c1ccc(N2B3c4cc5oc6ccccc6c5cc4-n4c5ccc(C(C)(C)C)cc5c5c6oc7ccccc7c6c(c3c54)-c3cc4oc5ccc(N(c6ccc(C(C)(C)C)cc6)c6ccc(C(C)(C)C)cc6)cc5c4cc32)cc1. The molecule has 4 aromatic heterocycles. The Labute approximate surface area is 484 Å². The van der Waals surface area contributed by atoms with Crippen LogP contribution in [-0.4, -0.2) is 11.4 Å². The number of aromatic nitrogens is 1. The summed E-state index contributed by atoms with van der Waals surface area (Å²) in [7, 11) is 0. The van der Waals surface area contributed by atoms with Gasteiger partial charge >= 0.3 is 6.85 Å². The normalized spacial score (nSPS) is 13.7. The lowest BCUT2D eigenvalue weighted by atomic mass is 9.43. The third-order valence-corrected chi connectivity index (χ3v) is 18.4. The molecule has 0 amide bonds. The number of fused-ring (bicyclic) bond motifs is 19. The van der Waals surface area contributed by atoms with Gasteiger partial charge in [-0.25, -0.2) is 0 Å². The molecular formula is C76H66BN3O3. The fourth-order valence-corrected chi connectivity index (χ4v) is 13.9. The van der Waals surface area contributed by atoms with E-state index < -0.39 is 0 Å². The molecule has 6 heterocycles. The molecule has 16 rings (SSSR count). The number of rotatable bonds is 4. The lowest BCUT2D eigenvalue weighted by molar-refractivity contribution is 0.590. The van der Waals surface area contributed by atoms with E-state index >= 15 is 0 Å². The van der Waals surface area contributed by atoms with Crippen molar-refractivity contribution in [3.8, 4) is 16.8 Å². The van der Waals surface area contributed by atoms with E-state index in [1.165, 1.54) is 49.6 Å². The van der Waals surface area contributed by atoms with Crippen molar-refractivity contribution in [3.05, 3.63) is 204 Å². The van der Waals surface area contributed by atoms with Gasteiger partial charge in [0.1, 0.15) is 33.5 Å². The van der Waals surface area contributed by atoms with Gasteiger partial charge < -0.3 is 27.5 Å². The topological polar surface area (TPSA) is 50.8 Å². The molecule has 0 spiro atoms. The van der Waals surface area contributed by atoms with Crippen molar-refractivity contribution in [2.75, 3.05) is 9.71 Å². The van der Waals surface area contributed by atoms with Crippen molar-refractivity contribution < 1.29 is 13.3 Å². The number of para-hydroxylation sites is 2. The second kappa shape index (κ2) is 16.8. The van der Waals surface area contributed by atoms with Gasteiger partial charge in [0, 0.05) is 77.4 Å². The third-order valence-electron chi connectivity index (χ3n) is 18.4. The first-order valence-corrected chi connectivity index (χ1v) is 29.5. The number of furan rings is 3. The Bertz CT molecular complexity index is 5000. The molecule has 7 heteroatoms. The number of nitrogens with zero attached hydrogens (tertiary/aromatic N) is 3. The number of benzene rings is 10. The van der Waals surface area contributed by atoms with Crippen LogP contribution >= 0.6 is 0 Å². The predicted octanol–water partition coefficient (Wildman–Crippen LogP) is 20.4. The van der Waals surface area contributed by atoms with Gasteiger partial charge in [0.2, 0.25) is 0 Å². The number of hydrogen-bond acceptors (Lipinski definition) is 5. The Morgan fingerprint density at radius 1 is 0.386 bits per heavy atom. The molecule has 83 heavy (non-hydrogen) atoms. The van der Waals surface area contributed by atoms with Gasteiger partial charge in [0.25, 0.3) is 0 Å². The summed E-state index contributed by atoms with van der Waals surface area (Å²) in [6, 6.07) is 68.0. The first-order chi connectivity index (χ1) is 39.7. The van der Waals surface area contributed by atoms with E-state index in [0.29, 0.717) is 0 Å². The fraction of sp³-hybridized carbons (Fsp3) is 0.211. The van der Waals surface area contributed by atoms with Gasteiger partial charge in [-0.2, -0.15) is 0 Å². The molecule has 0 atom stereocenters. The van der Waals surface area contributed by atoms with E-state index in [2.05, 4.69) is 279 Å². The van der Waals surface area contributed by atoms with Crippen LogP contribution in [0, 0.1) is 0 Å². The summed E-state index contributed by atoms with van der Waals surface area (Å²) in [6.45, 7) is 27.2. The molecule has 10 aromatic carbocycles. The maximum atomic E-state index is 7.33. The van der Waals surface area contributed by atoms with Crippen LogP contribution in [0.15, 0.2) is 195 Å². The molecule has 406 valence electrons. The summed E-state index contributed by atoms with van der Waals surface area (Å²) in [4.78, 5) is 5.02. The highest BCUT2D eigenvalue weighted by atomic mass is 16.3. The Balaban J connectivity index is 1.03. The molecule has 6 nitrogen and oxygen atoms in total. The maximum absolute atomic E-state index is 7.33. The van der Waals surface area contributed by atoms with Crippen LogP contribution in [0.25, 0.3) is 104 Å². The van der Waals surface area contributed by atoms with Crippen LogP contribution in [-0.2, 0) is 21.7 Å². The third kappa shape index (κ3) is 7.28. The molecule has 0 aliphatic carbocycles. The predicted molar refractivity (Wildman–Crippen MR) is 351 cm³/mol. The quantitative estimate of drug-likeness (QED) is 0.164. The fourth-order valence-electron chi connectivity index (χ4n) is 13.9. The minimum Gasteiger partial charge on any atom is -0.456 e. The van der Waals surface area contributed by atoms with Crippen molar-refractivity contribution in [1.82, 2.24) is 4.57 Å². The van der Waals surface area contributed by atoms with E-state index in [1.807, 2.05) is 0 Å².